The first-order valence-electron chi connectivity index (χ1n) is 7.98. The molecule has 3 rings (SSSR count). The third-order valence-corrected chi connectivity index (χ3v) is 5.78. The van der Waals surface area contributed by atoms with Crippen LogP contribution in [0.2, 0.25) is 0 Å². The smallest absolute Gasteiger partial charge is 0.328 e. The number of hydrogen-bond acceptors (Lipinski definition) is 3. The molecule has 1 unspecified atom stereocenters. The van der Waals surface area contributed by atoms with Gasteiger partial charge in [0.2, 0.25) is 10.0 Å². The van der Waals surface area contributed by atoms with Gasteiger partial charge in [-0.3, -0.25) is 0 Å². The number of carboxylic acids is 1. The molecule has 0 saturated carbocycles. The van der Waals surface area contributed by atoms with Gasteiger partial charge in [-0.05, 0) is 54.7 Å². The van der Waals surface area contributed by atoms with E-state index in [-0.39, 0.29) is 10.9 Å². The minimum absolute atomic E-state index is 0.257. The van der Waals surface area contributed by atoms with E-state index in [1.807, 2.05) is 19.1 Å². The van der Waals surface area contributed by atoms with Crippen LogP contribution < -0.4 is 4.72 Å². The largest absolute Gasteiger partial charge is 0.478 e. The summed E-state index contributed by atoms with van der Waals surface area (Å²) in [4.78, 5) is 10.9. The summed E-state index contributed by atoms with van der Waals surface area (Å²) < 4.78 is 27.9. The number of carbonyl (C=O) groups is 1. The topological polar surface area (TPSA) is 83.5 Å². The molecule has 0 fully saturated rings. The molecule has 1 atom stereocenters. The van der Waals surface area contributed by atoms with E-state index < -0.39 is 16.0 Å². The summed E-state index contributed by atoms with van der Waals surface area (Å²) in [6.07, 6.45) is 4.07. The fourth-order valence-electron chi connectivity index (χ4n) is 3.00. The van der Waals surface area contributed by atoms with Crippen molar-refractivity contribution in [1.29, 1.82) is 0 Å². The normalized spacial score (nSPS) is 16.9. The molecule has 1 aliphatic carbocycles. The van der Waals surface area contributed by atoms with Crippen LogP contribution in [0.5, 0.6) is 0 Å². The maximum atomic E-state index is 12.6. The van der Waals surface area contributed by atoms with Gasteiger partial charge in [0.15, 0.2) is 0 Å². The number of hydrogen-bond donors (Lipinski definition) is 2. The van der Waals surface area contributed by atoms with Crippen LogP contribution in [-0.2, 0) is 21.2 Å². The van der Waals surface area contributed by atoms with Crippen LogP contribution in [0, 0.1) is 6.92 Å². The van der Waals surface area contributed by atoms with Crippen molar-refractivity contribution in [1.82, 2.24) is 4.72 Å². The first-order valence-corrected chi connectivity index (χ1v) is 9.46. The Morgan fingerprint density at radius 3 is 2.60 bits per heavy atom. The van der Waals surface area contributed by atoms with E-state index in [0.29, 0.717) is 6.42 Å². The quantitative estimate of drug-likeness (QED) is 0.806. The van der Waals surface area contributed by atoms with Crippen molar-refractivity contribution in [3.63, 3.8) is 0 Å². The molecule has 2 N–H and O–H groups in total. The SMILES string of the molecule is Cc1ccc(S(=O)(=O)NC2CCc3cc(/C=C/C(=O)O)ccc32)cc1. The number of carboxylic acid groups (broad SMARTS) is 1. The summed E-state index contributed by atoms with van der Waals surface area (Å²) in [6, 6.07) is 12.1. The Bertz CT molecular complexity index is 930. The van der Waals surface area contributed by atoms with Crippen LogP contribution in [0.25, 0.3) is 6.08 Å². The molecule has 0 amide bonds. The predicted octanol–water partition coefficient (Wildman–Crippen LogP) is 3.06. The lowest BCUT2D eigenvalue weighted by Crippen LogP contribution is -2.27. The summed E-state index contributed by atoms with van der Waals surface area (Å²) in [7, 11) is -3.58. The van der Waals surface area contributed by atoms with Gasteiger partial charge >= 0.3 is 5.97 Å². The summed E-state index contributed by atoms with van der Waals surface area (Å²) in [5.41, 5.74) is 3.79. The average Bonchev–Trinajstić information content (AvgIpc) is 2.95. The lowest BCUT2D eigenvalue weighted by molar-refractivity contribution is -0.131. The number of nitrogens with one attached hydrogen (secondary N) is 1. The van der Waals surface area contributed by atoms with Crippen LogP contribution >= 0.6 is 0 Å². The average molecular weight is 357 g/mol. The van der Waals surface area contributed by atoms with Crippen LogP contribution in [0.3, 0.4) is 0 Å². The molecule has 6 heteroatoms. The molecule has 2 aromatic rings. The lowest BCUT2D eigenvalue weighted by atomic mass is 10.0. The molecular formula is C19H19NO4S. The van der Waals surface area contributed by atoms with Gasteiger partial charge in [0.05, 0.1) is 4.90 Å². The van der Waals surface area contributed by atoms with Gasteiger partial charge in [0.25, 0.3) is 0 Å². The van der Waals surface area contributed by atoms with Crippen molar-refractivity contribution in [3.05, 3.63) is 70.8 Å². The maximum Gasteiger partial charge on any atom is 0.328 e. The number of aliphatic carboxylic acids is 1. The number of rotatable bonds is 5. The van der Waals surface area contributed by atoms with E-state index in [1.54, 1.807) is 30.3 Å². The Hall–Kier alpha value is -2.44. The molecule has 25 heavy (non-hydrogen) atoms. The number of fused-ring (bicyclic) bond motifs is 1. The number of benzene rings is 2. The van der Waals surface area contributed by atoms with Crippen molar-refractivity contribution in [2.45, 2.75) is 30.7 Å². The second-order valence-electron chi connectivity index (χ2n) is 6.16. The molecule has 0 spiro atoms. The van der Waals surface area contributed by atoms with Crippen molar-refractivity contribution in [3.8, 4) is 0 Å². The second-order valence-corrected chi connectivity index (χ2v) is 7.87. The third-order valence-electron chi connectivity index (χ3n) is 4.29. The zero-order valence-corrected chi connectivity index (χ0v) is 14.6. The monoisotopic (exact) mass is 357 g/mol. The first kappa shape index (κ1) is 17.4. The summed E-state index contributed by atoms with van der Waals surface area (Å²) >= 11 is 0. The number of aryl methyl sites for hydroxylation is 2. The highest BCUT2D eigenvalue weighted by atomic mass is 32.2. The van der Waals surface area contributed by atoms with E-state index in [1.165, 1.54) is 6.08 Å². The van der Waals surface area contributed by atoms with Gasteiger partial charge in [-0.1, -0.05) is 35.9 Å². The Morgan fingerprint density at radius 2 is 1.92 bits per heavy atom. The fraction of sp³-hybridized carbons (Fsp3) is 0.211. The van der Waals surface area contributed by atoms with Gasteiger partial charge < -0.3 is 5.11 Å². The van der Waals surface area contributed by atoms with E-state index in [0.717, 1.165) is 34.8 Å². The van der Waals surface area contributed by atoms with Crippen molar-refractivity contribution in [2.24, 2.45) is 0 Å². The molecule has 0 heterocycles. The van der Waals surface area contributed by atoms with Gasteiger partial charge in [0.1, 0.15) is 0 Å². The first-order chi connectivity index (χ1) is 11.8. The van der Waals surface area contributed by atoms with E-state index in [2.05, 4.69) is 4.72 Å². The van der Waals surface area contributed by atoms with Gasteiger partial charge in [-0.15, -0.1) is 0 Å². The molecule has 0 bridgehead atoms. The predicted molar refractivity (Wildman–Crippen MR) is 95.7 cm³/mol. The molecule has 130 valence electrons. The molecular weight excluding hydrogens is 338 g/mol. The van der Waals surface area contributed by atoms with Crippen LogP contribution in [0.15, 0.2) is 53.4 Å². The van der Waals surface area contributed by atoms with Crippen LogP contribution in [-0.4, -0.2) is 19.5 Å². The Balaban J connectivity index is 1.81. The Morgan fingerprint density at radius 1 is 1.20 bits per heavy atom. The minimum atomic E-state index is -3.58. The molecule has 5 nitrogen and oxygen atoms in total. The van der Waals surface area contributed by atoms with Gasteiger partial charge in [0, 0.05) is 12.1 Å². The number of sulfonamides is 1. The van der Waals surface area contributed by atoms with Gasteiger partial charge in [-0.2, -0.15) is 0 Å². The lowest BCUT2D eigenvalue weighted by Gasteiger charge is -2.15. The van der Waals surface area contributed by atoms with Crippen LogP contribution in [0.4, 0.5) is 0 Å². The third kappa shape index (κ3) is 3.97. The molecule has 0 radical (unpaired) electrons. The van der Waals surface area contributed by atoms with Crippen molar-refractivity contribution >= 4 is 22.1 Å². The summed E-state index contributed by atoms with van der Waals surface area (Å²) in [5.74, 6) is -0.996. The second kappa shape index (κ2) is 6.82. The zero-order chi connectivity index (χ0) is 18.0. The highest BCUT2D eigenvalue weighted by molar-refractivity contribution is 7.89. The highest BCUT2D eigenvalue weighted by Crippen LogP contribution is 2.33. The van der Waals surface area contributed by atoms with Gasteiger partial charge in [-0.25, -0.2) is 17.9 Å². The molecule has 0 aliphatic heterocycles. The van der Waals surface area contributed by atoms with E-state index >= 15 is 0 Å². The minimum Gasteiger partial charge on any atom is -0.478 e. The highest BCUT2D eigenvalue weighted by Gasteiger charge is 2.27. The summed E-state index contributed by atoms with van der Waals surface area (Å²) in [6.45, 7) is 1.91. The molecule has 2 aromatic carbocycles. The molecule has 0 aromatic heterocycles. The molecule has 1 aliphatic rings. The maximum absolute atomic E-state index is 12.6. The Kier molecular flexibility index (Phi) is 4.74. The van der Waals surface area contributed by atoms with E-state index in [9.17, 15) is 13.2 Å². The van der Waals surface area contributed by atoms with Crippen molar-refractivity contribution in [2.75, 3.05) is 0 Å². The van der Waals surface area contributed by atoms with Crippen molar-refractivity contribution < 1.29 is 18.3 Å². The standard InChI is InChI=1S/C19H19NO4S/c1-13-2-7-16(8-3-13)25(23,24)20-18-10-6-15-12-14(4-9-17(15)18)5-11-19(21)22/h2-5,7-9,11-12,18,20H,6,10H2,1H3,(H,21,22)/b11-5+. The fourth-order valence-corrected chi connectivity index (χ4v) is 4.25. The van der Waals surface area contributed by atoms with E-state index in [4.69, 9.17) is 5.11 Å². The zero-order valence-electron chi connectivity index (χ0n) is 13.8. The Labute approximate surface area is 147 Å². The summed E-state index contributed by atoms with van der Waals surface area (Å²) in [5, 5.41) is 8.70. The molecule has 0 saturated heterocycles. The van der Waals surface area contributed by atoms with Crippen LogP contribution in [0.1, 0.15) is 34.7 Å².